The Labute approximate surface area is 280 Å². The lowest BCUT2D eigenvalue weighted by Crippen LogP contribution is -2.50. The lowest BCUT2D eigenvalue weighted by atomic mass is 9.97. The Morgan fingerprint density at radius 3 is 2.29 bits per heavy atom. The topological polar surface area (TPSA) is 188 Å². The van der Waals surface area contributed by atoms with Gasteiger partial charge < -0.3 is 30.9 Å². The van der Waals surface area contributed by atoms with Crippen LogP contribution in [0, 0.1) is 17.2 Å². The number of benzene rings is 1. The standard InChI is InChI=1S/C35H44N8O5/c1-2-30-29(22-36)33(25-6-8-28(9-7-25)39-34(45)35(46,47)48)41-31(40-30)12-10-26-4-3-5-27(38-26)11-13-32(44)43-20-18-42(19-21-43)23-24-14-16-37-17-15-24/h3-9,24,37,46-48H,2,10-21,23H2,1H3,(H,39,45). The summed E-state index contributed by atoms with van der Waals surface area (Å²) in [7, 11) is 0. The molecule has 0 radical (unpaired) electrons. The minimum Gasteiger partial charge on any atom is -0.340 e. The average molecular weight is 657 g/mol. The highest BCUT2D eigenvalue weighted by Gasteiger charge is 2.30. The number of nitriles is 1. The third-order valence-corrected chi connectivity index (χ3v) is 8.96. The third kappa shape index (κ3) is 9.40. The second-order valence-corrected chi connectivity index (χ2v) is 12.4. The summed E-state index contributed by atoms with van der Waals surface area (Å²) in [4.78, 5) is 43.4. The number of anilines is 1. The number of aromatic nitrogens is 3. The number of nitrogens with one attached hydrogen (secondary N) is 2. The molecule has 0 unspecified atom stereocenters. The fourth-order valence-corrected chi connectivity index (χ4v) is 6.23. The Balaban J connectivity index is 1.17. The zero-order valence-corrected chi connectivity index (χ0v) is 27.4. The molecule has 0 spiro atoms. The van der Waals surface area contributed by atoms with E-state index in [1.54, 1.807) is 12.1 Å². The molecular formula is C35H44N8O5. The van der Waals surface area contributed by atoms with E-state index in [1.165, 1.54) is 25.0 Å². The predicted octanol–water partition coefficient (Wildman–Crippen LogP) is 1.40. The first-order valence-electron chi connectivity index (χ1n) is 16.7. The van der Waals surface area contributed by atoms with Gasteiger partial charge in [-0.05, 0) is 75.4 Å². The van der Waals surface area contributed by atoms with E-state index in [0.29, 0.717) is 60.4 Å². The first kappa shape index (κ1) is 35.0. The molecule has 4 heterocycles. The number of carbonyl (C=O) groups is 2. The molecule has 5 rings (SSSR count). The smallest absolute Gasteiger partial charge is 0.340 e. The Kier molecular flexibility index (Phi) is 11.8. The van der Waals surface area contributed by atoms with Crippen molar-refractivity contribution in [3.8, 4) is 17.3 Å². The molecule has 13 nitrogen and oxygen atoms in total. The van der Waals surface area contributed by atoms with E-state index in [0.717, 1.165) is 63.1 Å². The van der Waals surface area contributed by atoms with Crippen molar-refractivity contribution in [2.45, 2.75) is 57.8 Å². The molecule has 2 aromatic heterocycles. The minimum absolute atomic E-state index is 0.174. The number of nitrogens with zero attached hydrogens (tertiary/aromatic N) is 6. The Bertz CT molecular complexity index is 1600. The number of aliphatic hydroxyl groups is 3. The molecule has 1 aromatic carbocycles. The molecule has 0 aliphatic carbocycles. The number of hydrogen-bond donors (Lipinski definition) is 5. The van der Waals surface area contributed by atoms with Crippen molar-refractivity contribution in [1.82, 2.24) is 30.1 Å². The van der Waals surface area contributed by atoms with Crippen LogP contribution in [0.3, 0.4) is 0 Å². The summed E-state index contributed by atoms with van der Waals surface area (Å²) in [5, 5.41) is 42.7. The van der Waals surface area contributed by atoms with Gasteiger partial charge in [0, 0.05) is 68.2 Å². The van der Waals surface area contributed by atoms with Crippen molar-refractivity contribution in [3.63, 3.8) is 0 Å². The summed E-state index contributed by atoms with van der Waals surface area (Å²) in [6, 6.07) is 14.4. The molecule has 48 heavy (non-hydrogen) atoms. The summed E-state index contributed by atoms with van der Waals surface area (Å²) in [6.07, 6.45) is 5.06. The number of hydrogen-bond acceptors (Lipinski definition) is 11. The van der Waals surface area contributed by atoms with Crippen LogP contribution in [0.25, 0.3) is 11.3 Å². The van der Waals surface area contributed by atoms with Gasteiger partial charge in [0.05, 0.1) is 17.0 Å². The number of amides is 2. The van der Waals surface area contributed by atoms with Gasteiger partial charge in [0.25, 0.3) is 0 Å². The van der Waals surface area contributed by atoms with Crippen molar-refractivity contribution in [3.05, 3.63) is 70.9 Å². The molecule has 0 bridgehead atoms. The maximum atomic E-state index is 13.0. The quantitative estimate of drug-likeness (QED) is 0.177. The largest absolute Gasteiger partial charge is 0.360 e. The summed E-state index contributed by atoms with van der Waals surface area (Å²) in [5.41, 5.74) is 3.98. The summed E-state index contributed by atoms with van der Waals surface area (Å²) in [6.45, 7) is 8.70. The number of piperazine rings is 1. The van der Waals surface area contributed by atoms with Crippen LogP contribution in [0.4, 0.5) is 5.69 Å². The van der Waals surface area contributed by atoms with Gasteiger partial charge in [0.15, 0.2) is 0 Å². The van der Waals surface area contributed by atoms with Gasteiger partial charge >= 0.3 is 11.9 Å². The molecule has 254 valence electrons. The van der Waals surface area contributed by atoms with Gasteiger partial charge in [0.2, 0.25) is 5.91 Å². The molecule has 2 saturated heterocycles. The zero-order valence-electron chi connectivity index (χ0n) is 27.4. The molecule has 2 amide bonds. The highest BCUT2D eigenvalue weighted by atomic mass is 16.7. The van der Waals surface area contributed by atoms with E-state index in [9.17, 15) is 14.9 Å². The highest BCUT2D eigenvalue weighted by Crippen LogP contribution is 2.26. The third-order valence-electron chi connectivity index (χ3n) is 8.96. The number of carbonyl (C=O) groups excluding carboxylic acids is 2. The molecule has 3 aromatic rings. The summed E-state index contributed by atoms with van der Waals surface area (Å²) in [5.74, 6) is -3.41. The Hall–Kier alpha value is -4.32. The van der Waals surface area contributed by atoms with Crippen LogP contribution in [-0.4, -0.2) is 104 Å². The van der Waals surface area contributed by atoms with Crippen LogP contribution in [0.15, 0.2) is 42.5 Å². The van der Waals surface area contributed by atoms with Crippen molar-refractivity contribution in [2.75, 3.05) is 51.1 Å². The molecule has 5 N–H and O–H groups in total. The highest BCUT2D eigenvalue weighted by molar-refractivity contribution is 5.94. The summed E-state index contributed by atoms with van der Waals surface area (Å²) < 4.78 is 0. The monoisotopic (exact) mass is 656 g/mol. The average Bonchev–Trinajstić information content (AvgIpc) is 3.10. The van der Waals surface area contributed by atoms with Crippen LogP contribution in [-0.2, 0) is 35.3 Å². The van der Waals surface area contributed by atoms with Gasteiger partial charge in [-0.3, -0.25) is 19.5 Å². The molecule has 13 heteroatoms. The Morgan fingerprint density at radius 1 is 0.958 bits per heavy atom. The van der Waals surface area contributed by atoms with Crippen LogP contribution in [0.1, 0.15) is 54.7 Å². The molecular weight excluding hydrogens is 612 g/mol. The van der Waals surface area contributed by atoms with E-state index in [2.05, 4.69) is 26.6 Å². The molecule has 2 fully saturated rings. The maximum Gasteiger partial charge on any atom is 0.360 e. The van der Waals surface area contributed by atoms with Crippen molar-refractivity contribution >= 4 is 17.5 Å². The van der Waals surface area contributed by atoms with Crippen LogP contribution < -0.4 is 10.6 Å². The Morgan fingerprint density at radius 2 is 1.65 bits per heavy atom. The number of piperidine rings is 1. The van der Waals surface area contributed by atoms with Gasteiger partial charge in [0.1, 0.15) is 11.9 Å². The van der Waals surface area contributed by atoms with Crippen LogP contribution in [0.5, 0.6) is 0 Å². The van der Waals surface area contributed by atoms with E-state index < -0.39 is 11.9 Å². The molecule has 0 saturated carbocycles. The summed E-state index contributed by atoms with van der Waals surface area (Å²) >= 11 is 0. The fourth-order valence-electron chi connectivity index (χ4n) is 6.23. The first-order valence-corrected chi connectivity index (χ1v) is 16.7. The van der Waals surface area contributed by atoms with E-state index in [1.807, 2.05) is 30.0 Å². The van der Waals surface area contributed by atoms with Gasteiger partial charge in [-0.25, -0.2) is 9.97 Å². The van der Waals surface area contributed by atoms with Crippen LogP contribution in [0.2, 0.25) is 0 Å². The number of pyridine rings is 1. The second kappa shape index (κ2) is 16.2. The van der Waals surface area contributed by atoms with Gasteiger partial charge in [-0.15, -0.1) is 0 Å². The SMILES string of the molecule is CCc1nc(CCc2cccc(CCC(=O)N3CCN(CC4CCNCC4)CC3)n2)nc(-c2ccc(NC(=O)C(O)(O)O)cc2)c1C#N. The second-order valence-electron chi connectivity index (χ2n) is 12.4. The molecule has 2 aliphatic heterocycles. The lowest BCUT2D eigenvalue weighted by Gasteiger charge is -2.37. The zero-order chi connectivity index (χ0) is 34.1. The number of aryl methyl sites for hydroxylation is 4. The van der Waals surface area contributed by atoms with Crippen molar-refractivity contribution in [2.24, 2.45) is 5.92 Å². The van der Waals surface area contributed by atoms with Crippen LogP contribution >= 0.6 is 0 Å². The number of rotatable bonds is 12. The van der Waals surface area contributed by atoms with E-state index >= 15 is 0 Å². The van der Waals surface area contributed by atoms with E-state index in [4.69, 9.17) is 25.3 Å². The van der Waals surface area contributed by atoms with Crippen molar-refractivity contribution in [1.29, 1.82) is 5.26 Å². The molecule has 2 aliphatic rings. The predicted molar refractivity (Wildman–Crippen MR) is 178 cm³/mol. The van der Waals surface area contributed by atoms with Gasteiger partial charge in [-0.2, -0.15) is 5.26 Å². The van der Waals surface area contributed by atoms with E-state index in [-0.39, 0.29) is 11.6 Å². The lowest BCUT2D eigenvalue weighted by molar-refractivity contribution is -0.284. The minimum atomic E-state index is -3.50. The first-order chi connectivity index (χ1) is 23.1. The fraction of sp³-hybridized carbons (Fsp3) is 0.486. The van der Waals surface area contributed by atoms with Gasteiger partial charge in [-0.1, -0.05) is 25.1 Å². The normalized spacial score (nSPS) is 16.0. The van der Waals surface area contributed by atoms with Crippen molar-refractivity contribution < 1.29 is 24.9 Å². The molecule has 0 atom stereocenters. The maximum absolute atomic E-state index is 13.0.